The number of fused-ring (bicyclic) bond motifs is 7. The van der Waals surface area contributed by atoms with Crippen LogP contribution in [-0.4, -0.2) is 27.8 Å². The number of nitrogens with zero attached hydrogens (tertiary/aromatic N) is 2. The Bertz CT molecular complexity index is 1720. The number of aryl methyl sites for hydroxylation is 1. The van der Waals surface area contributed by atoms with E-state index in [1.54, 1.807) is 0 Å². The first-order valence-electron chi connectivity index (χ1n) is 12.9. The first-order chi connectivity index (χ1) is 18.2. The lowest BCUT2D eigenvalue weighted by atomic mass is 9.76. The minimum absolute atomic E-state index is 0.00736. The molecule has 3 heterocycles. The van der Waals surface area contributed by atoms with Gasteiger partial charge in [-0.3, -0.25) is 9.59 Å². The van der Waals surface area contributed by atoms with Gasteiger partial charge in [0.25, 0.3) is 5.91 Å². The van der Waals surface area contributed by atoms with Crippen molar-refractivity contribution < 1.29 is 9.59 Å². The third-order valence-electron chi connectivity index (χ3n) is 8.07. The van der Waals surface area contributed by atoms with Gasteiger partial charge in [-0.05, 0) is 60.4 Å². The molecule has 4 aromatic carbocycles. The number of carbonyl (C=O) groups is 2. The molecule has 5 heteroatoms. The number of hydrogen-bond acceptors (Lipinski definition) is 2. The lowest BCUT2D eigenvalue weighted by Crippen LogP contribution is -2.49. The van der Waals surface area contributed by atoms with Crippen LogP contribution in [0, 0.1) is 0 Å². The van der Waals surface area contributed by atoms with E-state index in [0.29, 0.717) is 12.1 Å². The average Bonchev–Trinajstić information content (AvgIpc) is 3.26. The van der Waals surface area contributed by atoms with Crippen molar-refractivity contribution in [2.24, 2.45) is 0 Å². The average molecular weight is 486 g/mol. The van der Waals surface area contributed by atoms with Gasteiger partial charge in [0.2, 0.25) is 5.91 Å². The number of amides is 2. The fourth-order valence-electron chi connectivity index (χ4n) is 6.45. The van der Waals surface area contributed by atoms with Crippen LogP contribution in [0.4, 0.5) is 5.69 Å². The second kappa shape index (κ2) is 8.34. The number of benzene rings is 4. The number of para-hydroxylation sites is 1. The molecule has 2 atom stereocenters. The van der Waals surface area contributed by atoms with Crippen molar-refractivity contribution in [1.82, 2.24) is 9.47 Å². The Kier molecular flexibility index (Phi) is 4.93. The quantitative estimate of drug-likeness (QED) is 0.327. The minimum atomic E-state index is -0.497. The summed E-state index contributed by atoms with van der Waals surface area (Å²) in [6.45, 7) is 3.64. The highest BCUT2D eigenvalue weighted by molar-refractivity contribution is 6.10. The third kappa shape index (κ3) is 3.23. The molecular formula is C32H27N3O2. The number of aromatic nitrogens is 1. The lowest BCUT2D eigenvalue weighted by Gasteiger charge is -2.45. The topological polar surface area (TPSA) is 54.3 Å². The Morgan fingerprint density at radius 2 is 1.59 bits per heavy atom. The fourth-order valence-corrected chi connectivity index (χ4v) is 6.45. The number of rotatable bonds is 3. The zero-order valence-corrected chi connectivity index (χ0v) is 20.6. The second-order valence-electron chi connectivity index (χ2n) is 9.94. The van der Waals surface area contributed by atoms with Gasteiger partial charge >= 0.3 is 0 Å². The molecule has 2 aliphatic rings. The summed E-state index contributed by atoms with van der Waals surface area (Å²) in [5.41, 5.74) is 6.81. The van der Waals surface area contributed by atoms with E-state index in [4.69, 9.17) is 0 Å². The van der Waals surface area contributed by atoms with Gasteiger partial charge < -0.3 is 14.8 Å². The fraction of sp³-hybridized carbons (Fsp3) is 0.188. The van der Waals surface area contributed by atoms with Gasteiger partial charge in [0.15, 0.2) is 0 Å². The van der Waals surface area contributed by atoms with E-state index >= 15 is 0 Å². The molecule has 0 saturated heterocycles. The van der Waals surface area contributed by atoms with E-state index in [0.717, 1.165) is 40.7 Å². The van der Waals surface area contributed by atoms with Crippen molar-refractivity contribution in [3.8, 4) is 0 Å². The molecule has 0 radical (unpaired) electrons. The van der Waals surface area contributed by atoms with Crippen LogP contribution in [-0.2, 0) is 17.8 Å². The van der Waals surface area contributed by atoms with Crippen LogP contribution >= 0.6 is 0 Å². The van der Waals surface area contributed by atoms with E-state index in [9.17, 15) is 9.59 Å². The van der Waals surface area contributed by atoms with Crippen LogP contribution in [0.1, 0.15) is 45.9 Å². The van der Waals surface area contributed by atoms with Gasteiger partial charge in [-0.2, -0.15) is 0 Å². The van der Waals surface area contributed by atoms with Crippen LogP contribution in [0.5, 0.6) is 0 Å². The Labute approximate surface area is 215 Å². The highest BCUT2D eigenvalue weighted by atomic mass is 16.2. The molecule has 0 bridgehead atoms. The summed E-state index contributed by atoms with van der Waals surface area (Å²) in [5, 5.41) is 5.53. The summed E-state index contributed by atoms with van der Waals surface area (Å²) >= 11 is 0. The van der Waals surface area contributed by atoms with Crippen molar-refractivity contribution in [3.05, 3.63) is 113 Å². The number of hydrogen-bond donors (Lipinski definition) is 1. The molecule has 5 nitrogen and oxygen atoms in total. The van der Waals surface area contributed by atoms with Gasteiger partial charge in [0.1, 0.15) is 0 Å². The van der Waals surface area contributed by atoms with Crippen LogP contribution in [0.2, 0.25) is 0 Å². The van der Waals surface area contributed by atoms with Gasteiger partial charge in [-0.25, -0.2) is 0 Å². The number of carbonyl (C=O) groups excluding carboxylic acids is 2. The predicted octanol–water partition coefficient (Wildman–Crippen LogP) is 6.29. The monoisotopic (exact) mass is 485 g/mol. The zero-order chi connectivity index (χ0) is 25.1. The molecule has 0 aliphatic carbocycles. The minimum Gasteiger partial charge on any atom is -0.341 e. The van der Waals surface area contributed by atoms with Gasteiger partial charge in [0, 0.05) is 46.1 Å². The standard InChI is InChI=1S/C32H27N3O2/c1-2-34-27-14-8-7-11-23(27)26-19-21(15-16-28(26)34)33-31(36)29-24-12-5-6-13-25(24)32(37)35-18-17-20-9-3-4-10-22(20)30(29)35/h3-16,19,29-30H,2,17-18H2,1H3,(H,33,36). The van der Waals surface area contributed by atoms with E-state index in [2.05, 4.69) is 65.3 Å². The molecule has 7 rings (SSSR count). The Morgan fingerprint density at radius 1 is 0.865 bits per heavy atom. The maximum atomic E-state index is 14.1. The maximum absolute atomic E-state index is 14.1. The summed E-state index contributed by atoms with van der Waals surface area (Å²) in [4.78, 5) is 29.5. The molecule has 182 valence electrons. The Morgan fingerprint density at radius 3 is 2.46 bits per heavy atom. The molecule has 0 spiro atoms. The smallest absolute Gasteiger partial charge is 0.254 e. The van der Waals surface area contributed by atoms with Crippen LogP contribution in [0.3, 0.4) is 0 Å². The summed E-state index contributed by atoms with van der Waals surface area (Å²) in [5.74, 6) is -0.582. The van der Waals surface area contributed by atoms with Crippen LogP contribution in [0.25, 0.3) is 21.8 Å². The molecule has 37 heavy (non-hydrogen) atoms. The molecule has 1 aromatic heterocycles. The van der Waals surface area contributed by atoms with Crippen molar-refractivity contribution in [3.63, 3.8) is 0 Å². The molecule has 1 N–H and O–H groups in total. The SMILES string of the molecule is CCn1c2ccccc2c2cc(NC(=O)C3c4ccccc4C(=O)N4CCc5ccccc5C34)ccc21. The largest absolute Gasteiger partial charge is 0.341 e. The van der Waals surface area contributed by atoms with E-state index < -0.39 is 5.92 Å². The lowest BCUT2D eigenvalue weighted by molar-refractivity contribution is -0.119. The molecular weight excluding hydrogens is 458 g/mol. The van der Waals surface area contributed by atoms with Gasteiger partial charge in [-0.1, -0.05) is 60.7 Å². The van der Waals surface area contributed by atoms with Crippen LogP contribution in [0.15, 0.2) is 91.0 Å². The number of nitrogens with one attached hydrogen (secondary N) is 1. The molecule has 2 aliphatic heterocycles. The summed E-state index contributed by atoms with van der Waals surface area (Å²) in [7, 11) is 0. The zero-order valence-electron chi connectivity index (χ0n) is 20.6. The third-order valence-corrected chi connectivity index (χ3v) is 8.07. The van der Waals surface area contributed by atoms with Gasteiger partial charge in [-0.15, -0.1) is 0 Å². The predicted molar refractivity (Wildman–Crippen MR) is 147 cm³/mol. The summed E-state index contributed by atoms with van der Waals surface area (Å²) in [6, 6.07) is 30.0. The van der Waals surface area contributed by atoms with Crippen molar-refractivity contribution >= 4 is 39.3 Å². The van der Waals surface area contributed by atoms with E-state index in [1.807, 2.05) is 47.4 Å². The first-order valence-corrected chi connectivity index (χ1v) is 12.9. The first kappa shape index (κ1) is 21.9. The van der Waals surface area contributed by atoms with E-state index in [1.165, 1.54) is 16.5 Å². The van der Waals surface area contributed by atoms with Gasteiger partial charge in [0.05, 0.1) is 12.0 Å². The molecule has 0 saturated carbocycles. The molecule has 0 fully saturated rings. The molecule has 5 aromatic rings. The van der Waals surface area contributed by atoms with Crippen molar-refractivity contribution in [1.29, 1.82) is 0 Å². The Balaban J connectivity index is 1.33. The van der Waals surface area contributed by atoms with Crippen LogP contribution < -0.4 is 5.32 Å². The summed E-state index contributed by atoms with van der Waals surface area (Å²) in [6.07, 6.45) is 0.799. The molecule has 2 unspecified atom stereocenters. The summed E-state index contributed by atoms with van der Waals surface area (Å²) < 4.78 is 2.30. The van der Waals surface area contributed by atoms with Crippen molar-refractivity contribution in [2.45, 2.75) is 31.8 Å². The maximum Gasteiger partial charge on any atom is 0.254 e. The van der Waals surface area contributed by atoms with E-state index in [-0.39, 0.29) is 17.9 Å². The number of anilines is 1. The Hall–Kier alpha value is -4.38. The molecule has 2 amide bonds. The second-order valence-corrected chi connectivity index (χ2v) is 9.94. The normalized spacial score (nSPS) is 18.4. The van der Waals surface area contributed by atoms with Crippen molar-refractivity contribution in [2.75, 3.05) is 11.9 Å². The highest BCUT2D eigenvalue weighted by Crippen LogP contribution is 2.46. The highest BCUT2D eigenvalue weighted by Gasteiger charge is 2.46.